The third-order valence-corrected chi connectivity index (χ3v) is 3.66. The number of hydrogen-bond acceptors (Lipinski definition) is 3. The van der Waals surface area contributed by atoms with Crippen LogP contribution in [0.3, 0.4) is 0 Å². The lowest BCUT2D eigenvalue weighted by Gasteiger charge is -2.06. The summed E-state index contributed by atoms with van der Waals surface area (Å²) in [6, 6.07) is 6.12. The van der Waals surface area contributed by atoms with Gasteiger partial charge in [0.25, 0.3) is 0 Å². The highest BCUT2D eigenvalue weighted by Crippen LogP contribution is 2.30. The number of amides is 2. The van der Waals surface area contributed by atoms with Gasteiger partial charge in [-0.05, 0) is 36.5 Å². The fraction of sp³-hybridized carbons (Fsp3) is 0.312. The molecule has 0 unspecified atom stereocenters. The molecule has 7 nitrogen and oxygen atoms in total. The number of aromatic carboxylic acids is 1. The molecule has 120 valence electrons. The SMILES string of the molecule is O=C(NCc1cccc(C(=O)O)c1)Nc1cnn(CC2CC2)c1. The van der Waals surface area contributed by atoms with Crippen LogP contribution in [0.1, 0.15) is 28.8 Å². The largest absolute Gasteiger partial charge is 0.478 e. The van der Waals surface area contributed by atoms with E-state index in [0.29, 0.717) is 5.69 Å². The Morgan fingerprint density at radius 1 is 1.35 bits per heavy atom. The van der Waals surface area contributed by atoms with Gasteiger partial charge >= 0.3 is 12.0 Å². The number of urea groups is 1. The number of rotatable bonds is 6. The summed E-state index contributed by atoms with van der Waals surface area (Å²) in [4.78, 5) is 22.8. The van der Waals surface area contributed by atoms with E-state index in [0.717, 1.165) is 18.0 Å². The average Bonchev–Trinajstić information content (AvgIpc) is 3.24. The van der Waals surface area contributed by atoms with Crippen molar-refractivity contribution in [3.05, 3.63) is 47.8 Å². The number of anilines is 1. The molecule has 1 heterocycles. The number of hydrogen-bond donors (Lipinski definition) is 3. The number of carboxylic acid groups (broad SMARTS) is 1. The second-order valence-corrected chi connectivity index (χ2v) is 5.71. The van der Waals surface area contributed by atoms with Gasteiger partial charge in [0.2, 0.25) is 0 Å². The highest BCUT2D eigenvalue weighted by Gasteiger charge is 2.22. The first-order valence-electron chi connectivity index (χ1n) is 7.50. The van der Waals surface area contributed by atoms with E-state index in [1.165, 1.54) is 25.0 Å². The van der Waals surface area contributed by atoms with Crippen LogP contribution in [0.2, 0.25) is 0 Å². The second-order valence-electron chi connectivity index (χ2n) is 5.71. The topological polar surface area (TPSA) is 96.2 Å². The number of nitrogens with one attached hydrogen (secondary N) is 2. The van der Waals surface area contributed by atoms with E-state index in [9.17, 15) is 9.59 Å². The quantitative estimate of drug-likeness (QED) is 0.762. The van der Waals surface area contributed by atoms with Crippen LogP contribution in [0.4, 0.5) is 10.5 Å². The van der Waals surface area contributed by atoms with Gasteiger partial charge in [0.15, 0.2) is 0 Å². The van der Waals surface area contributed by atoms with Crippen LogP contribution >= 0.6 is 0 Å². The maximum absolute atomic E-state index is 11.9. The van der Waals surface area contributed by atoms with Crippen LogP contribution in [0.25, 0.3) is 0 Å². The Balaban J connectivity index is 1.50. The monoisotopic (exact) mass is 314 g/mol. The summed E-state index contributed by atoms with van der Waals surface area (Å²) in [6.07, 6.45) is 5.92. The van der Waals surface area contributed by atoms with Gasteiger partial charge in [-0.1, -0.05) is 12.1 Å². The van der Waals surface area contributed by atoms with Crippen LogP contribution in [0.5, 0.6) is 0 Å². The van der Waals surface area contributed by atoms with Gasteiger partial charge < -0.3 is 15.7 Å². The normalized spacial score (nSPS) is 13.6. The van der Waals surface area contributed by atoms with Crippen molar-refractivity contribution in [3.8, 4) is 0 Å². The van der Waals surface area contributed by atoms with Crippen LogP contribution in [-0.4, -0.2) is 26.9 Å². The second kappa shape index (κ2) is 6.51. The van der Waals surface area contributed by atoms with Gasteiger partial charge in [0.1, 0.15) is 0 Å². The number of carbonyl (C=O) groups is 2. The zero-order valence-corrected chi connectivity index (χ0v) is 12.5. The van der Waals surface area contributed by atoms with Crippen molar-refractivity contribution in [1.29, 1.82) is 0 Å². The molecule has 0 atom stereocenters. The number of aromatic nitrogens is 2. The molecule has 1 aliphatic carbocycles. The molecular weight excluding hydrogens is 296 g/mol. The van der Waals surface area contributed by atoms with E-state index < -0.39 is 5.97 Å². The summed E-state index contributed by atoms with van der Waals surface area (Å²) < 4.78 is 1.84. The fourth-order valence-corrected chi connectivity index (χ4v) is 2.26. The van der Waals surface area contributed by atoms with Gasteiger partial charge in [0, 0.05) is 19.3 Å². The van der Waals surface area contributed by atoms with Crippen LogP contribution in [-0.2, 0) is 13.1 Å². The zero-order valence-electron chi connectivity index (χ0n) is 12.5. The van der Waals surface area contributed by atoms with E-state index in [-0.39, 0.29) is 18.1 Å². The highest BCUT2D eigenvalue weighted by atomic mass is 16.4. The Hall–Kier alpha value is -2.83. The molecule has 1 aliphatic rings. The molecule has 0 spiro atoms. The lowest BCUT2D eigenvalue weighted by Crippen LogP contribution is -2.28. The molecule has 7 heteroatoms. The Morgan fingerprint density at radius 2 is 2.17 bits per heavy atom. The molecule has 2 aromatic rings. The minimum Gasteiger partial charge on any atom is -0.478 e. The molecule has 2 amide bonds. The van der Waals surface area contributed by atoms with Gasteiger partial charge in [-0.25, -0.2) is 9.59 Å². The third kappa shape index (κ3) is 4.32. The summed E-state index contributed by atoms with van der Waals surface area (Å²) in [5, 5.41) is 18.6. The van der Waals surface area contributed by atoms with Gasteiger partial charge in [-0.2, -0.15) is 5.10 Å². The van der Waals surface area contributed by atoms with E-state index in [4.69, 9.17) is 5.11 Å². The van der Waals surface area contributed by atoms with Crippen LogP contribution < -0.4 is 10.6 Å². The predicted octanol–water partition coefficient (Wildman–Crippen LogP) is 2.31. The Kier molecular flexibility index (Phi) is 4.27. The first-order chi connectivity index (χ1) is 11.1. The summed E-state index contributed by atoms with van der Waals surface area (Å²) in [5.41, 5.74) is 1.57. The molecule has 1 aromatic heterocycles. The predicted molar refractivity (Wildman–Crippen MR) is 84.2 cm³/mol. The highest BCUT2D eigenvalue weighted by molar-refractivity contribution is 5.89. The summed E-state index contributed by atoms with van der Waals surface area (Å²) in [5.74, 6) is -0.266. The van der Waals surface area contributed by atoms with Crippen molar-refractivity contribution in [3.63, 3.8) is 0 Å². The number of nitrogens with zero attached hydrogens (tertiary/aromatic N) is 2. The number of benzene rings is 1. The maximum Gasteiger partial charge on any atom is 0.335 e. The molecule has 23 heavy (non-hydrogen) atoms. The van der Waals surface area contributed by atoms with Crippen molar-refractivity contribution < 1.29 is 14.7 Å². The number of carboxylic acids is 1. The lowest BCUT2D eigenvalue weighted by molar-refractivity contribution is 0.0696. The molecule has 3 rings (SSSR count). The van der Waals surface area contributed by atoms with Crippen molar-refractivity contribution in [2.45, 2.75) is 25.9 Å². The molecule has 0 saturated heterocycles. The van der Waals surface area contributed by atoms with Crippen molar-refractivity contribution in [2.75, 3.05) is 5.32 Å². The summed E-state index contributed by atoms with van der Waals surface area (Å²) in [6.45, 7) is 1.15. The standard InChI is InChI=1S/C16H18N4O3/c21-15(22)13-3-1-2-12(6-13)7-17-16(23)19-14-8-18-20(10-14)9-11-4-5-11/h1-3,6,8,10-11H,4-5,7,9H2,(H,21,22)(H2,17,19,23). The molecule has 0 bridgehead atoms. The van der Waals surface area contributed by atoms with Crippen LogP contribution in [0.15, 0.2) is 36.7 Å². The minimum atomic E-state index is -0.987. The number of carbonyl (C=O) groups excluding carboxylic acids is 1. The Labute approximate surface area is 133 Å². The molecule has 0 aliphatic heterocycles. The smallest absolute Gasteiger partial charge is 0.335 e. The van der Waals surface area contributed by atoms with E-state index in [1.807, 2.05) is 10.9 Å². The van der Waals surface area contributed by atoms with E-state index in [1.54, 1.807) is 18.3 Å². The van der Waals surface area contributed by atoms with Gasteiger partial charge in [-0.15, -0.1) is 0 Å². The van der Waals surface area contributed by atoms with Crippen molar-refractivity contribution in [1.82, 2.24) is 15.1 Å². The van der Waals surface area contributed by atoms with E-state index >= 15 is 0 Å². The first kappa shape index (κ1) is 15.1. The van der Waals surface area contributed by atoms with Crippen molar-refractivity contribution >= 4 is 17.7 Å². The lowest BCUT2D eigenvalue weighted by atomic mass is 10.1. The van der Waals surface area contributed by atoms with E-state index in [2.05, 4.69) is 15.7 Å². The molecule has 1 fully saturated rings. The minimum absolute atomic E-state index is 0.200. The Bertz CT molecular complexity index is 722. The fourth-order valence-electron chi connectivity index (χ4n) is 2.26. The van der Waals surface area contributed by atoms with Crippen molar-refractivity contribution in [2.24, 2.45) is 5.92 Å². The zero-order chi connectivity index (χ0) is 16.2. The summed E-state index contributed by atoms with van der Waals surface area (Å²) in [7, 11) is 0. The van der Waals surface area contributed by atoms with Gasteiger partial charge in [-0.3, -0.25) is 4.68 Å². The summed E-state index contributed by atoms with van der Waals surface area (Å²) >= 11 is 0. The Morgan fingerprint density at radius 3 is 2.91 bits per heavy atom. The molecule has 1 aromatic carbocycles. The molecule has 0 radical (unpaired) electrons. The molecular formula is C16H18N4O3. The molecule has 1 saturated carbocycles. The average molecular weight is 314 g/mol. The van der Waals surface area contributed by atoms with Crippen LogP contribution in [0, 0.1) is 5.92 Å². The third-order valence-electron chi connectivity index (χ3n) is 3.66. The first-order valence-corrected chi connectivity index (χ1v) is 7.50. The molecule has 3 N–H and O–H groups in total. The van der Waals surface area contributed by atoms with Gasteiger partial charge in [0.05, 0.1) is 17.4 Å². The maximum atomic E-state index is 11.9.